The Morgan fingerprint density at radius 2 is 2.22 bits per heavy atom. The largest absolute Gasteiger partial charge is 0.397 e. The number of carbonyl (C=O) groups excluding carboxylic acids is 1. The number of thiophene rings is 1. The lowest BCUT2D eigenvalue weighted by Crippen LogP contribution is -2.39. The highest BCUT2D eigenvalue weighted by Gasteiger charge is 2.23. The van der Waals surface area contributed by atoms with Gasteiger partial charge in [0.2, 0.25) is 0 Å². The van der Waals surface area contributed by atoms with Gasteiger partial charge in [-0.2, -0.15) is 0 Å². The molecule has 1 aromatic carbocycles. The van der Waals surface area contributed by atoms with Gasteiger partial charge in [0.1, 0.15) is 4.88 Å². The molecule has 0 bridgehead atoms. The van der Waals surface area contributed by atoms with E-state index in [-0.39, 0.29) is 5.91 Å². The molecule has 0 saturated heterocycles. The third kappa shape index (κ3) is 1.85. The fraction of sp³-hybridized carbons (Fsp3) is 0.308. The van der Waals surface area contributed by atoms with Gasteiger partial charge in [0.25, 0.3) is 5.91 Å². The number of nitrogens with two attached hydrogens (primary N) is 1. The average Bonchev–Trinajstić information content (AvgIpc) is 2.63. The topological polar surface area (TPSA) is 55.1 Å². The molecule has 3 N–H and O–H groups in total. The van der Waals surface area contributed by atoms with Gasteiger partial charge in [-0.3, -0.25) is 4.79 Å². The molecule has 0 unspecified atom stereocenters. The average molecular weight is 281 g/mol. The van der Waals surface area contributed by atoms with Crippen molar-refractivity contribution in [2.45, 2.75) is 25.3 Å². The van der Waals surface area contributed by atoms with Crippen molar-refractivity contribution in [3.63, 3.8) is 0 Å². The highest BCUT2D eigenvalue weighted by atomic mass is 35.5. The number of anilines is 1. The summed E-state index contributed by atoms with van der Waals surface area (Å²) < 4.78 is 0.957. The van der Waals surface area contributed by atoms with Crippen molar-refractivity contribution in [3.8, 4) is 0 Å². The molecule has 2 aromatic rings. The molecule has 1 fully saturated rings. The Balaban J connectivity index is 1.98. The third-order valence-electron chi connectivity index (χ3n) is 3.35. The van der Waals surface area contributed by atoms with Crippen LogP contribution in [-0.4, -0.2) is 11.9 Å². The van der Waals surface area contributed by atoms with E-state index in [4.69, 9.17) is 17.3 Å². The first kappa shape index (κ1) is 11.8. The minimum atomic E-state index is -0.0746. The molecule has 94 valence electrons. The third-order valence-corrected chi connectivity index (χ3v) is 4.83. The van der Waals surface area contributed by atoms with Crippen LogP contribution in [0.15, 0.2) is 18.2 Å². The van der Waals surface area contributed by atoms with E-state index >= 15 is 0 Å². The van der Waals surface area contributed by atoms with E-state index in [2.05, 4.69) is 5.32 Å². The number of hydrogen-bond donors (Lipinski definition) is 2. The van der Waals surface area contributed by atoms with Crippen LogP contribution in [0.3, 0.4) is 0 Å². The SMILES string of the molecule is Nc1c(C(=O)NC2CCC2)sc2cccc(Cl)c12. The number of carbonyl (C=O) groups is 1. The predicted molar refractivity (Wildman–Crippen MR) is 76.4 cm³/mol. The van der Waals surface area contributed by atoms with E-state index < -0.39 is 0 Å². The lowest BCUT2D eigenvalue weighted by molar-refractivity contribution is 0.0922. The summed E-state index contributed by atoms with van der Waals surface area (Å²) in [5.74, 6) is -0.0746. The predicted octanol–water partition coefficient (Wildman–Crippen LogP) is 3.42. The Hall–Kier alpha value is -1.26. The van der Waals surface area contributed by atoms with Gasteiger partial charge in [-0.1, -0.05) is 17.7 Å². The van der Waals surface area contributed by atoms with Crippen LogP contribution in [0.4, 0.5) is 5.69 Å². The summed E-state index contributed by atoms with van der Waals surface area (Å²) in [6, 6.07) is 5.91. The maximum absolute atomic E-state index is 12.1. The zero-order valence-corrected chi connectivity index (χ0v) is 11.3. The molecular formula is C13H13ClN2OS. The Morgan fingerprint density at radius 1 is 1.44 bits per heavy atom. The van der Waals surface area contributed by atoms with Crippen LogP contribution in [0.2, 0.25) is 5.02 Å². The van der Waals surface area contributed by atoms with Crippen molar-refractivity contribution in [3.05, 3.63) is 28.1 Å². The van der Waals surface area contributed by atoms with Crippen molar-refractivity contribution in [1.82, 2.24) is 5.32 Å². The number of halogens is 1. The molecule has 18 heavy (non-hydrogen) atoms. The van der Waals surface area contributed by atoms with Gasteiger partial charge in [-0.05, 0) is 31.4 Å². The molecular weight excluding hydrogens is 268 g/mol. The molecule has 0 atom stereocenters. The number of amides is 1. The lowest BCUT2D eigenvalue weighted by atomic mass is 9.93. The molecule has 1 aromatic heterocycles. The summed E-state index contributed by atoms with van der Waals surface area (Å²) in [5, 5.41) is 4.40. The maximum atomic E-state index is 12.1. The van der Waals surface area contributed by atoms with E-state index in [0.29, 0.717) is 21.6 Å². The summed E-state index contributed by atoms with van der Waals surface area (Å²) in [4.78, 5) is 12.7. The molecule has 0 aliphatic heterocycles. The summed E-state index contributed by atoms with van der Waals surface area (Å²) in [5.41, 5.74) is 6.54. The van der Waals surface area contributed by atoms with Crippen LogP contribution in [0, 0.1) is 0 Å². The van der Waals surface area contributed by atoms with Crippen molar-refractivity contribution >= 4 is 44.6 Å². The number of benzene rings is 1. The van der Waals surface area contributed by atoms with E-state index in [1.807, 2.05) is 12.1 Å². The molecule has 1 aliphatic carbocycles. The van der Waals surface area contributed by atoms with Crippen LogP contribution >= 0.6 is 22.9 Å². The summed E-state index contributed by atoms with van der Waals surface area (Å²) in [6.07, 6.45) is 3.33. The minimum absolute atomic E-state index is 0.0746. The van der Waals surface area contributed by atoms with Gasteiger partial charge in [0.15, 0.2) is 0 Å². The Kier molecular flexibility index (Phi) is 2.92. The molecule has 1 aliphatic rings. The zero-order chi connectivity index (χ0) is 12.7. The summed E-state index contributed by atoms with van der Waals surface area (Å²) in [7, 11) is 0. The van der Waals surface area contributed by atoms with Gasteiger partial charge in [0, 0.05) is 16.1 Å². The second kappa shape index (κ2) is 4.44. The van der Waals surface area contributed by atoms with Crippen LogP contribution in [0.5, 0.6) is 0 Å². The number of hydrogen-bond acceptors (Lipinski definition) is 3. The fourth-order valence-electron chi connectivity index (χ4n) is 2.10. The monoisotopic (exact) mass is 280 g/mol. The number of fused-ring (bicyclic) bond motifs is 1. The zero-order valence-electron chi connectivity index (χ0n) is 9.70. The van der Waals surface area contributed by atoms with E-state index in [1.54, 1.807) is 6.07 Å². The fourth-order valence-corrected chi connectivity index (χ4v) is 3.49. The summed E-state index contributed by atoms with van der Waals surface area (Å²) in [6.45, 7) is 0. The number of nitrogen functional groups attached to an aromatic ring is 1. The van der Waals surface area contributed by atoms with Crippen molar-refractivity contribution < 1.29 is 4.79 Å². The highest BCUT2D eigenvalue weighted by molar-refractivity contribution is 7.21. The van der Waals surface area contributed by atoms with E-state index in [1.165, 1.54) is 17.8 Å². The van der Waals surface area contributed by atoms with Gasteiger partial charge in [-0.15, -0.1) is 11.3 Å². The molecule has 5 heteroatoms. The molecule has 3 nitrogen and oxygen atoms in total. The van der Waals surface area contributed by atoms with E-state index in [0.717, 1.165) is 22.9 Å². The Morgan fingerprint density at radius 3 is 2.83 bits per heavy atom. The maximum Gasteiger partial charge on any atom is 0.263 e. The summed E-state index contributed by atoms with van der Waals surface area (Å²) >= 11 is 7.52. The van der Waals surface area contributed by atoms with Crippen LogP contribution in [0.25, 0.3) is 10.1 Å². The number of nitrogens with one attached hydrogen (secondary N) is 1. The van der Waals surface area contributed by atoms with Gasteiger partial charge in [-0.25, -0.2) is 0 Å². The van der Waals surface area contributed by atoms with Gasteiger partial charge >= 0.3 is 0 Å². The molecule has 1 saturated carbocycles. The smallest absolute Gasteiger partial charge is 0.263 e. The molecule has 1 heterocycles. The van der Waals surface area contributed by atoms with Gasteiger partial charge < -0.3 is 11.1 Å². The standard InChI is InChI=1S/C13H13ClN2OS/c14-8-5-2-6-9-10(8)11(15)12(18-9)13(17)16-7-3-1-4-7/h2,5-7H,1,3-4,15H2,(H,16,17). The molecule has 1 amide bonds. The Labute approximate surface area is 114 Å². The van der Waals surface area contributed by atoms with E-state index in [9.17, 15) is 4.79 Å². The van der Waals surface area contributed by atoms with Gasteiger partial charge in [0.05, 0.1) is 10.7 Å². The molecule has 3 rings (SSSR count). The first-order valence-electron chi connectivity index (χ1n) is 5.94. The second-order valence-corrected chi connectivity index (χ2v) is 6.02. The number of rotatable bonds is 2. The molecule has 0 spiro atoms. The lowest BCUT2D eigenvalue weighted by Gasteiger charge is -2.26. The Bertz CT molecular complexity index is 619. The highest BCUT2D eigenvalue weighted by Crippen LogP contribution is 2.38. The first-order chi connectivity index (χ1) is 8.66. The van der Waals surface area contributed by atoms with Crippen LogP contribution < -0.4 is 11.1 Å². The van der Waals surface area contributed by atoms with Crippen molar-refractivity contribution in [2.75, 3.05) is 5.73 Å². The van der Waals surface area contributed by atoms with Crippen LogP contribution in [-0.2, 0) is 0 Å². The van der Waals surface area contributed by atoms with Crippen LogP contribution in [0.1, 0.15) is 28.9 Å². The van der Waals surface area contributed by atoms with Crippen molar-refractivity contribution in [2.24, 2.45) is 0 Å². The van der Waals surface area contributed by atoms with Crippen molar-refractivity contribution in [1.29, 1.82) is 0 Å². The first-order valence-corrected chi connectivity index (χ1v) is 7.13. The second-order valence-electron chi connectivity index (χ2n) is 4.56. The minimum Gasteiger partial charge on any atom is -0.397 e. The quantitative estimate of drug-likeness (QED) is 0.886. The molecule has 0 radical (unpaired) electrons. The normalized spacial score (nSPS) is 15.6.